The average Bonchev–Trinajstić information content (AvgIpc) is 3.40. The minimum Gasteiger partial charge on any atom is -0.416 e. The molecule has 0 spiro atoms. The Morgan fingerprint density at radius 2 is 1.58 bits per heavy atom. The lowest BCUT2D eigenvalue weighted by Crippen LogP contribution is -2.37. The molecule has 166 valence electrons. The van der Waals surface area contributed by atoms with E-state index in [1.165, 1.54) is 5.56 Å². The van der Waals surface area contributed by atoms with Crippen LogP contribution in [0.2, 0.25) is 0 Å². The molecule has 3 aromatic carbocycles. The van der Waals surface area contributed by atoms with Gasteiger partial charge < -0.3 is 15.1 Å². The van der Waals surface area contributed by atoms with Gasteiger partial charge >= 0.3 is 0 Å². The topological polar surface area (TPSA) is 85.2 Å². The zero-order chi connectivity index (χ0) is 22.6. The number of amides is 1. The second kappa shape index (κ2) is 9.38. The van der Waals surface area contributed by atoms with Gasteiger partial charge in [0.15, 0.2) is 0 Å². The van der Waals surface area contributed by atoms with Crippen molar-refractivity contribution >= 4 is 5.91 Å². The molecule has 4 aromatic rings. The summed E-state index contributed by atoms with van der Waals surface area (Å²) < 4.78 is 5.86. The molecule has 2 N–H and O–H groups in total. The zero-order valence-corrected chi connectivity index (χ0v) is 18.4. The molecule has 0 radical (unpaired) electrons. The van der Waals surface area contributed by atoms with E-state index in [1.54, 1.807) is 0 Å². The summed E-state index contributed by atoms with van der Waals surface area (Å²) in [6.07, 6.45) is 1.90. The number of hydrogen-bond donors (Lipinski definition) is 1. The Labute approximate surface area is 193 Å². The van der Waals surface area contributed by atoms with Crippen LogP contribution in [0.4, 0.5) is 0 Å². The third kappa shape index (κ3) is 4.56. The Balaban J connectivity index is 1.28. The molecular weight excluding hydrogens is 412 g/mol. The van der Waals surface area contributed by atoms with Crippen LogP contribution in [-0.4, -0.2) is 34.1 Å². The summed E-state index contributed by atoms with van der Waals surface area (Å²) >= 11 is 0. The van der Waals surface area contributed by atoms with E-state index in [0.717, 1.165) is 42.6 Å². The first-order chi connectivity index (χ1) is 16.2. The highest BCUT2D eigenvalue weighted by molar-refractivity contribution is 5.95. The number of nitrogens with two attached hydrogens (primary N) is 1. The average molecular weight is 439 g/mol. The van der Waals surface area contributed by atoms with Crippen LogP contribution < -0.4 is 5.73 Å². The van der Waals surface area contributed by atoms with Crippen molar-refractivity contribution in [3.05, 3.63) is 95.6 Å². The Bertz CT molecular complexity index is 1240. The minimum absolute atomic E-state index is 0.0359. The number of aromatic nitrogens is 2. The maximum absolute atomic E-state index is 13.2. The fraction of sp³-hybridized carbons (Fsp3) is 0.222. The highest BCUT2D eigenvalue weighted by Crippen LogP contribution is 2.30. The van der Waals surface area contributed by atoms with Crippen LogP contribution in [0.5, 0.6) is 0 Å². The summed E-state index contributed by atoms with van der Waals surface area (Å²) in [5, 5.41) is 8.34. The molecule has 0 saturated carbocycles. The zero-order valence-electron chi connectivity index (χ0n) is 18.4. The van der Waals surface area contributed by atoms with Gasteiger partial charge in [-0.05, 0) is 60.2 Å². The third-order valence-corrected chi connectivity index (χ3v) is 6.24. The number of likely N-dealkylation sites (tertiary alicyclic amines) is 1. The maximum atomic E-state index is 13.2. The van der Waals surface area contributed by atoms with Crippen LogP contribution in [0, 0.1) is 0 Å². The van der Waals surface area contributed by atoms with Gasteiger partial charge in [0.2, 0.25) is 11.8 Å². The molecule has 0 bridgehead atoms. The van der Waals surface area contributed by atoms with Gasteiger partial charge in [0, 0.05) is 36.3 Å². The van der Waals surface area contributed by atoms with Gasteiger partial charge in [-0.15, -0.1) is 10.2 Å². The predicted molar refractivity (Wildman–Crippen MR) is 127 cm³/mol. The largest absolute Gasteiger partial charge is 0.416 e. The Hall–Kier alpha value is -3.77. The van der Waals surface area contributed by atoms with Crippen molar-refractivity contribution in [2.24, 2.45) is 5.73 Å². The fourth-order valence-corrected chi connectivity index (χ4v) is 4.40. The first-order valence-electron chi connectivity index (χ1n) is 11.3. The smallest absolute Gasteiger partial charge is 0.253 e. The molecule has 1 amide bonds. The third-order valence-electron chi connectivity index (χ3n) is 6.24. The van der Waals surface area contributed by atoms with E-state index in [1.807, 2.05) is 59.5 Å². The molecule has 1 aliphatic rings. The van der Waals surface area contributed by atoms with Gasteiger partial charge in [-0.3, -0.25) is 4.79 Å². The normalized spacial score (nSPS) is 14.4. The molecule has 6 heteroatoms. The van der Waals surface area contributed by atoms with E-state index in [9.17, 15) is 4.79 Å². The molecule has 1 aromatic heterocycles. The van der Waals surface area contributed by atoms with Gasteiger partial charge in [-0.25, -0.2) is 0 Å². The lowest BCUT2D eigenvalue weighted by Gasteiger charge is -2.32. The molecule has 0 unspecified atom stereocenters. The lowest BCUT2D eigenvalue weighted by molar-refractivity contribution is 0.0713. The Morgan fingerprint density at radius 1 is 0.879 bits per heavy atom. The first kappa shape index (κ1) is 21.1. The van der Waals surface area contributed by atoms with Gasteiger partial charge in [0.1, 0.15) is 0 Å². The van der Waals surface area contributed by atoms with E-state index >= 15 is 0 Å². The summed E-state index contributed by atoms with van der Waals surface area (Å²) in [4.78, 5) is 15.1. The van der Waals surface area contributed by atoms with Gasteiger partial charge in [0.25, 0.3) is 5.91 Å². The Morgan fingerprint density at radius 3 is 2.33 bits per heavy atom. The molecule has 1 fully saturated rings. The highest BCUT2D eigenvalue weighted by Gasteiger charge is 2.25. The van der Waals surface area contributed by atoms with Crippen LogP contribution in [0.15, 0.2) is 83.3 Å². The summed E-state index contributed by atoms with van der Waals surface area (Å²) in [6.45, 7) is 2.02. The number of nitrogens with zero attached hydrogens (tertiary/aromatic N) is 3. The molecule has 2 heterocycles. The van der Waals surface area contributed by atoms with Crippen molar-refractivity contribution in [2.45, 2.75) is 25.3 Å². The van der Waals surface area contributed by atoms with E-state index in [-0.39, 0.29) is 5.91 Å². The summed E-state index contributed by atoms with van der Waals surface area (Å²) in [5.74, 6) is 1.36. The first-order valence-corrected chi connectivity index (χ1v) is 11.3. The number of carbonyl (C=O) groups is 1. The standard InChI is InChI=1S/C27H26N4O2/c28-18-19-6-4-9-22(16-19)20-12-14-31(15-13-20)27(32)24-11-5-10-23(17-24)26-30-29-25(33-26)21-7-2-1-3-8-21/h1-11,16-17,20H,12-15,18,28H2. The van der Waals surface area contributed by atoms with Crippen molar-refractivity contribution in [2.75, 3.05) is 13.1 Å². The molecule has 5 rings (SSSR count). The fourth-order valence-electron chi connectivity index (χ4n) is 4.40. The van der Waals surface area contributed by atoms with Gasteiger partial charge in [-0.1, -0.05) is 48.5 Å². The quantitative estimate of drug-likeness (QED) is 0.480. The number of carbonyl (C=O) groups excluding carboxylic acids is 1. The van der Waals surface area contributed by atoms with E-state index < -0.39 is 0 Å². The van der Waals surface area contributed by atoms with Crippen LogP contribution in [-0.2, 0) is 6.54 Å². The van der Waals surface area contributed by atoms with Gasteiger partial charge in [0.05, 0.1) is 0 Å². The van der Waals surface area contributed by atoms with E-state index in [4.69, 9.17) is 10.2 Å². The molecule has 0 atom stereocenters. The SMILES string of the molecule is NCc1cccc(C2CCN(C(=O)c3cccc(-c4nnc(-c5ccccc5)o4)c3)CC2)c1. The van der Waals surface area contributed by atoms with Crippen molar-refractivity contribution in [3.8, 4) is 22.9 Å². The summed E-state index contributed by atoms with van der Waals surface area (Å²) in [6, 6.07) is 25.6. The molecule has 1 saturated heterocycles. The Kier molecular flexibility index (Phi) is 6.00. The van der Waals surface area contributed by atoms with Crippen molar-refractivity contribution in [1.82, 2.24) is 15.1 Å². The number of piperidine rings is 1. The summed E-state index contributed by atoms with van der Waals surface area (Å²) in [5.41, 5.74) is 10.5. The molecule has 0 aliphatic carbocycles. The van der Waals surface area contributed by atoms with E-state index in [0.29, 0.717) is 29.8 Å². The lowest BCUT2D eigenvalue weighted by atomic mass is 9.88. The van der Waals surface area contributed by atoms with Gasteiger partial charge in [-0.2, -0.15) is 0 Å². The van der Waals surface area contributed by atoms with Crippen molar-refractivity contribution in [3.63, 3.8) is 0 Å². The molecule has 6 nitrogen and oxygen atoms in total. The highest BCUT2D eigenvalue weighted by atomic mass is 16.4. The molecule has 33 heavy (non-hydrogen) atoms. The predicted octanol–water partition coefficient (Wildman–Crippen LogP) is 4.88. The van der Waals surface area contributed by atoms with Crippen LogP contribution in [0.25, 0.3) is 22.9 Å². The number of benzene rings is 3. The number of hydrogen-bond acceptors (Lipinski definition) is 5. The van der Waals surface area contributed by atoms with Crippen LogP contribution in [0.3, 0.4) is 0 Å². The van der Waals surface area contributed by atoms with Crippen LogP contribution >= 0.6 is 0 Å². The minimum atomic E-state index is 0.0359. The van der Waals surface area contributed by atoms with Crippen molar-refractivity contribution in [1.29, 1.82) is 0 Å². The summed E-state index contributed by atoms with van der Waals surface area (Å²) in [7, 11) is 0. The molecular formula is C27H26N4O2. The molecule has 1 aliphatic heterocycles. The van der Waals surface area contributed by atoms with Crippen molar-refractivity contribution < 1.29 is 9.21 Å². The second-order valence-electron chi connectivity index (χ2n) is 8.37. The second-order valence-corrected chi connectivity index (χ2v) is 8.37. The van der Waals surface area contributed by atoms with Crippen LogP contribution in [0.1, 0.15) is 40.2 Å². The number of rotatable bonds is 5. The monoisotopic (exact) mass is 438 g/mol. The van der Waals surface area contributed by atoms with E-state index in [2.05, 4.69) is 34.5 Å². The maximum Gasteiger partial charge on any atom is 0.253 e.